The van der Waals surface area contributed by atoms with Gasteiger partial charge in [-0.25, -0.2) is 0 Å². The third kappa shape index (κ3) is 6.75. The Balaban J connectivity index is 0.00000108. The van der Waals surface area contributed by atoms with Crippen molar-refractivity contribution in [3.8, 4) is 45.3 Å². The van der Waals surface area contributed by atoms with Crippen LogP contribution in [0.1, 0.15) is 49.9 Å². The fraction of sp³-hybridized carbons (Fsp3) is 0.163. The largest absolute Gasteiger partial charge is 0.507 e. The van der Waals surface area contributed by atoms with Gasteiger partial charge in [-0.2, -0.15) is 0 Å². The maximum absolute atomic E-state index is 14.5. The highest BCUT2D eigenvalue weighted by molar-refractivity contribution is 7.67. The molecule has 0 amide bonds. The Morgan fingerprint density at radius 1 is 0.431 bits per heavy atom. The molecule has 0 spiro atoms. The molecule has 2 heterocycles. The minimum atomic E-state index is -3.44. The predicted molar refractivity (Wildman–Crippen MR) is 209 cm³/mol. The summed E-state index contributed by atoms with van der Waals surface area (Å²) in [6.45, 7) is 8.00. The number of phenols is 2. The van der Waals surface area contributed by atoms with E-state index >= 15 is 0 Å². The molecule has 51 heavy (non-hydrogen) atoms. The van der Waals surface area contributed by atoms with Gasteiger partial charge in [0.2, 0.25) is 0 Å². The molecule has 8 heteroatoms. The average molecular weight is 717 g/mol. The second-order valence-corrected chi connectivity index (χ2v) is 16.6. The summed E-state index contributed by atoms with van der Waals surface area (Å²) in [5.41, 5.74) is 5.60. The van der Waals surface area contributed by atoms with Gasteiger partial charge in [-0.15, -0.1) is 0 Å². The highest BCUT2D eigenvalue weighted by Crippen LogP contribution is 2.59. The predicted octanol–water partition coefficient (Wildman–Crippen LogP) is 11.1. The van der Waals surface area contributed by atoms with E-state index in [2.05, 4.69) is 0 Å². The molecule has 8 rings (SSSR count). The van der Waals surface area contributed by atoms with Gasteiger partial charge in [0.25, 0.3) is 14.7 Å². The molecule has 0 bridgehead atoms. The van der Waals surface area contributed by atoms with Crippen molar-refractivity contribution in [2.24, 2.45) is 0 Å². The van der Waals surface area contributed by atoms with Crippen LogP contribution < -0.4 is 19.7 Å². The van der Waals surface area contributed by atoms with Gasteiger partial charge in [0, 0.05) is 28.7 Å². The quantitative estimate of drug-likeness (QED) is 0.167. The number of fused-ring (bicyclic) bond motifs is 6. The van der Waals surface area contributed by atoms with Crippen molar-refractivity contribution in [3.63, 3.8) is 0 Å². The topological polar surface area (TPSA) is 93.1 Å². The molecule has 0 aromatic heterocycles. The zero-order valence-electron chi connectivity index (χ0n) is 29.2. The van der Waals surface area contributed by atoms with Crippen LogP contribution in [0.2, 0.25) is 0 Å². The van der Waals surface area contributed by atoms with Gasteiger partial charge in [0.1, 0.15) is 23.0 Å². The second kappa shape index (κ2) is 15.1. The van der Waals surface area contributed by atoms with Crippen LogP contribution in [-0.2, 0) is 27.9 Å². The molecule has 2 N–H and O–H groups in total. The first-order chi connectivity index (χ1) is 24.8. The number of phenolic OH excluding ortho intramolecular Hbond substituents is 2. The van der Waals surface area contributed by atoms with E-state index in [0.717, 1.165) is 22.3 Å². The number of hydrogen-bond acceptors (Lipinski definition) is 6. The number of hydrogen-bond donors (Lipinski definition) is 2. The Morgan fingerprint density at radius 2 is 0.765 bits per heavy atom. The normalized spacial score (nSPS) is 17.6. The van der Waals surface area contributed by atoms with Gasteiger partial charge in [0.15, 0.2) is 0 Å². The minimum Gasteiger partial charge on any atom is -0.507 e. The number of benzene rings is 6. The molecule has 6 nitrogen and oxygen atoms in total. The summed E-state index contributed by atoms with van der Waals surface area (Å²) in [5, 5.41) is 24.2. The number of para-hydroxylation sites is 4. The molecule has 6 aromatic carbocycles. The SMILES string of the molecule is CC.CC.O=P1(Cc2cccc(Cc3cccc(CP4(=O)Oc5ccccc5-c5ccccc54)c3O)c2O)Oc2ccccc2-c2ccccc21. The van der Waals surface area contributed by atoms with Crippen LogP contribution in [0, 0.1) is 0 Å². The van der Waals surface area contributed by atoms with Crippen LogP contribution in [-0.4, -0.2) is 10.2 Å². The highest BCUT2D eigenvalue weighted by Gasteiger charge is 2.38. The Morgan fingerprint density at radius 3 is 1.18 bits per heavy atom. The summed E-state index contributed by atoms with van der Waals surface area (Å²) in [5.74, 6) is 1.11. The summed E-state index contributed by atoms with van der Waals surface area (Å²) >= 11 is 0. The van der Waals surface area contributed by atoms with Crippen molar-refractivity contribution in [2.45, 2.75) is 46.4 Å². The van der Waals surface area contributed by atoms with Crippen molar-refractivity contribution in [3.05, 3.63) is 156 Å². The van der Waals surface area contributed by atoms with Gasteiger partial charge in [-0.05, 0) is 46.5 Å². The monoisotopic (exact) mass is 716 g/mol. The lowest BCUT2D eigenvalue weighted by atomic mass is 9.99. The summed E-state index contributed by atoms with van der Waals surface area (Å²) < 4.78 is 41.3. The lowest BCUT2D eigenvalue weighted by Crippen LogP contribution is -2.19. The second-order valence-electron chi connectivity index (χ2n) is 11.9. The summed E-state index contributed by atoms with van der Waals surface area (Å²) in [6, 6.07) is 40.8. The summed E-state index contributed by atoms with van der Waals surface area (Å²) in [7, 11) is -6.87. The van der Waals surface area contributed by atoms with Crippen molar-refractivity contribution >= 4 is 25.3 Å². The minimum absolute atomic E-state index is 0.00131. The van der Waals surface area contributed by atoms with Crippen molar-refractivity contribution in [1.29, 1.82) is 0 Å². The first-order valence-electron chi connectivity index (χ1n) is 17.4. The molecular weight excluding hydrogens is 674 g/mol. The number of aromatic hydroxyl groups is 2. The standard InChI is InChI=1S/C39H30O6P2.2C2H6/c40-38-26(11-9-13-28(38)24-46(42)36-21-7-3-17-32(36)30-15-1-5-19-34(30)44-46)23-27-12-10-14-29(39(27)41)25-47(43)37-22-8-4-18-33(37)31-16-2-6-20-35(31)45-47;2*1-2/h1-22,40-41H,23-25H2;2*1-2H3. The first kappa shape index (κ1) is 35.8. The summed E-state index contributed by atoms with van der Waals surface area (Å²) in [4.78, 5) is 0. The smallest absolute Gasteiger partial charge is 0.282 e. The molecule has 0 fully saturated rings. The van der Waals surface area contributed by atoms with Gasteiger partial charge < -0.3 is 19.3 Å². The van der Waals surface area contributed by atoms with Crippen molar-refractivity contribution in [1.82, 2.24) is 0 Å². The Kier molecular flexibility index (Phi) is 10.6. The van der Waals surface area contributed by atoms with Crippen LogP contribution in [0.4, 0.5) is 0 Å². The van der Waals surface area contributed by atoms with Crippen LogP contribution in [0.3, 0.4) is 0 Å². The van der Waals surface area contributed by atoms with E-state index in [0.29, 0.717) is 44.4 Å². The van der Waals surface area contributed by atoms with E-state index in [9.17, 15) is 19.3 Å². The van der Waals surface area contributed by atoms with Crippen LogP contribution in [0.5, 0.6) is 23.0 Å². The molecule has 0 aliphatic carbocycles. The van der Waals surface area contributed by atoms with E-state index in [-0.39, 0.29) is 30.2 Å². The zero-order valence-corrected chi connectivity index (χ0v) is 31.0. The molecule has 2 unspecified atom stereocenters. The maximum Gasteiger partial charge on any atom is 0.282 e. The Labute approximate surface area is 300 Å². The van der Waals surface area contributed by atoms with Crippen LogP contribution >= 0.6 is 14.7 Å². The zero-order chi connectivity index (χ0) is 36.2. The van der Waals surface area contributed by atoms with Crippen LogP contribution in [0.25, 0.3) is 22.3 Å². The highest BCUT2D eigenvalue weighted by atomic mass is 31.2. The Hall–Kier alpha value is -5.02. The third-order valence-corrected chi connectivity index (χ3v) is 13.7. The summed E-state index contributed by atoms with van der Waals surface area (Å²) in [6.07, 6.45) is 0.214. The van der Waals surface area contributed by atoms with Gasteiger partial charge >= 0.3 is 0 Å². The average Bonchev–Trinajstić information content (AvgIpc) is 3.17. The molecule has 0 saturated carbocycles. The number of rotatable bonds is 6. The first-order valence-corrected chi connectivity index (χ1v) is 21.0. The molecule has 2 atom stereocenters. The van der Waals surface area contributed by atoms with E-state index in [1.165, 1.54) is 0 Å². The van der Waals surface area contributed by atoms with Gasteiger partial charge in [-0.1, -0.05) is 137 Å². The molecule has 2 aliphatic heterocycles. The van der Waals surface area contributed by atoms with E-state index in [1.54, 1.807) is 24.3 Å². The lowest BCUT2D eigenvalue weighted by molar-refractivity contribution is 0.453. The lowest BCUT2D eigenvalue weighted by Gasteiger charge is -2.29. The van der Waals surface area contributed by atoms with Crippen LogP contribution in [0.15, 0.2) is 133 Å². The molecule has 260 valence electrons. The van der Waals surface area contributed by atoms with E-state index < -0.39 is 14.7 Å². The third-order valence-electron chi connectivity index (χ3n) is 8.93. The van der Waals surface area contributed by atoms with Crippen molar-refractivity contribution < 1.29 is 28.4 Å². The van der Waals surface area contributed by atoms with Crippen molar-refractivity contribution in [2.75, 3.05) is 0 Å². The van der Waals surface area contributed by atoms with E-state index in [4.69, 9.17) is 9.05 Å². The van der Waals surface area contributed by atoms with E-state index in [1.807, 2.05) is 137 Å². The van der Waals surface area contributed by atoms with Gasteiger partial charge in [-0.3, -0.25) is 9.13 Å². The molecule has 0 saturated heterocycles. The fourth-order valence-electron chi connectivity index (χ4n) is 6.67. The maximum atomic E-state index is 14.5. The molecular formula is C43H42O6P2. The fourth-order valence-corrected chi connectivity index (χ4v) is 11.4. The molecule has 6 aromatic rings. The molecule has 2 aliphatic rings. The molecule has 0 radical (unpaired) electrons. The van der Waals surface area contributed by atoms with Gasteiger partial charge in [0.05, 0.1) is 22.9 Å². The Bertz CT molecular complexity index is 2140.